The average Bonchev–Trinajstić information content (AvgIpc) is 2.46. The van der Waals surface area contributed by atoms with Gasteiger partial charge in [0.05, 0.1) is 19.3 Å². The number of carbonyl (C=O) groups is 1. The van der Waals surface area contributed by atoms with Crippen LogP contribution in [0.1, 0.15) is 15.9 Å². The lowest BCUT2D eigenvalue weighted by Gasteiger charge is -2.06. The van der Waals surface area contributed by atoms with E-state index in [0.717, 1.165) is 16.7 Å². The summed E-state index contributed by atoms with van der Waals surface area (Å²) in [4.78, 5) is 11.5. The Labute approximate surface area is 106 Å². The lowest BCUT2D eigenvalue weighted by molar-refractivity contribution is 0.0601. The number of carbonyl (C=O) groups excluding carboxylic acids is 1. The van der Waals surface area contributed by atoms with Gasteiger partial charge in [-0.2, -0.15) is 0 Å². The van der Waals surface area contributed by atoms with Crippen LogP contribution in [0.25, 0.3) is 11.1 Å². The largest absolute Gasteiger partial charge is 0.465 e. The summed E-state index contributed by atoms with van der Waals surface area (Å²) in [5.74, 6) is -0.352. The highest BCUT2D eigenvalue weighted by atomic mass is 16.5. The average molecular weight is 242 g/mol. The summed E-state index contributed by atoms with van der Waals surface area (Å²) in [6.45, 7) is 0.00450. The lowest BCUT2D eigenvalue weighted by atomic mass is 10.0. The molecule has 0 fully saturated rings. The van der Waals surface area contributed by atoms with Crippen LogP contribution in [0.3, 0.4) is 0 Å². The van der Waals surface area contributed by atoms with Crippen molar-refractivity contribution in [3.8, 4) is 11.1 Å². The second-order valence-electron chi connectivity index (χ2n) is 3.93. The molecule has 1 N–H and O–H groups in total. The van der Waals surface area contributed by atoms with Crippen LogP contribution in [0.15, 0.2) is 48.5 Å². The molecule has 92 valence electrons. The standard InChI is InChI=1S/C15H14O3/c1-18-15(17)14-7-3-6-13(9-14)12-5-2-4-11(8-12)10-16/h2-9,16H,10H2,1H3. The van der Waals surface area contributed by atoms with Crippen molar-refractivity contribution in [3.05, 3.63) is 59.7 Å². The Morgan fingerprint density at radius 1 is 1.11 bits per heavy atom. The molecule has 0 aliphatic carbocycles. The van der Waals surface area contributed by atoms with Gasteiger partial charge in [0.2, 0.25) is 0 Å². The molecule has 0 atom stereocenters. The van der Waals surface area contributed by atoms with Crippen LogP contribution in [0.4, 0.5) is 0 Å². The number of hydrogen-bond donors (Lipinski definition) is 1. The summed E-state index contributed by atoms with van der Waals surface area (Å²) in [6.07, 6.45) is 0. The van der Waals surface area contributed by atoms with E-state index in [4.69, 9.17) is 9.84 Å². The highest BCUT2D eigenvalue weighted by Crippen LogP contribution is 2.22. The van der Waals surface area contributed by atoms with Crippen LogP contribution in [0, 0.1) is 0 Å². The normalized spacial score (nSPS) is 10.1. The van der Waals surface area contributed by atoms with Crippen molar-refractivity contribution >= 4 is 5.97 Å². The molecule has 0 bridgehead atoms. The SMILES string of the molecule is COC(=O)c1cccc(-c2cccc(CO)c2)c1. The molecule has 0 aliphatic rings. The summed E-state index contributed by atoms with van der Waals surface area (Å²) in [6, 6.07) is 14.8. The van der Waals surface area contributed by atoms with E-state index in [0.29, 0.717) is 5.56 Å². The van der Waals surface area contributed by atoms with Crippen molar-refractivity contribution in [2.45, 2.75) is 6.61 Å². The molecule has 0 saturated heterocycles. The molecule has 0 amide bonds. The lowest BCUT2D eigenvalue weighted by Crippen LogP contribution is -2.00. The summed E-state index contributed by atoms with van der Waals surface area (Å²) < 4.78 is 4.69. The molecule has 0 unspecified atom stereocenters. The molecule has 0 heterocycles. The fraction of sp³-hybridized carbons (Fsp3) is 0.133. The predicted octanol–water partition coefficient (Wildman–Crippen LogP) is 2.63. The van der Waals surface area contributed by atoms with E-state index in [2.05, 4.69) is 0 Å². The van der Waals surface area contributed by atoms with Crippen LogP contribution >= 0.6 is 0 Å². The van der Waals surface area contributed by atoms with Gasteiger partial charge in [-0.3, -0.25) is 0 Å². The van der Waals surface area contributed by atoms with Crippen LogP contribution in [0.5, 0.6) is 0 Å². The molecule has 18 heavy (non-hydrogen) atoms. The minimum Gasteiger partial charge on any atom is -0.465 e. The van der Waals surface area contributed by atoms with Gasteiger partial charge in [0.1, 0.15) is 0 Å². The first kappa shape index (κ1) is 12.3. The monoisotopic (exact) mass is 242 g/mol. The second kappa shape index (κ2) is 5.47. The third-order valence-corrected chi connectivity index (χ3v) is 2.73. The van der Waals surface area contributed by atoms with Gasteiger partial charge in [-0.1, -0.05) is 30.3 Å². The number of benzene rings is 2. The maximum Gasteiger partial charge on any atom is 0.337 e. The fourth-order valence-corrected chi connectivity index (χ4v) is 1.79. The molecule has 3 nitrogen and oxygen atoms in total. The zero-order valence-electron chi connectivity index (χ0n) is 10.1. The van der Waals surface area contributed by atoms with E-state index in [9.17, 15) is 4.79 Å². The molecule has 0 aromatic heterocycles. The Morgan fingerprint density at radius 3 is 2.44 bits per heavy atom. The maximum absolute atomic E-state index is 11.5. The van der Waals surface area contributed by atoms with Crippen molar-refractivity contribution in [2.24, 2.45) is 0 Å². The van der Waals surface area contributed by atoms with Crippen molar-refractivity contribution in [2.75, 3.05) is 7.11 Å². The molecule has 0 saturated carbocycles. The predicted molar refractivity (Wildman–Crippen MR) is 69.1 cm³/mol. The highest BCUT2D eigenvalue weighted by Gasteiger charge is 2.06. The van der Waals surface area contributed by atoms with E-state index in [1.54, 1.807) is 12.1 Å². The number of ether oxygens (including phenoxy) is 1. The molecule has 3 heteroatoms. The quantitative estimate of drug-likeness (QED) is 0.841. The van der Waals surface area contributed by atoms with Crippen molar-refractivity contribution < 1.29 is 14.6 Å². The molecule has 0 aliphatic heterocycles. The van der Waals surface area contributed by atoms with Gasteiger partial charge in [0.15, 0.2) is 0 Å². The summed E-state index contributed by atoms with van der Waals surface area (Å²) >= 11 is 0. The van der Waals surface area contributed by atoms with E-state index >= 15 is 0 Å². The van der Waals surface area contributed by atoms with Crippen molar-refractivity contribution in [1.29, 1.82) is 0 Å². The number of aliphatic hydroxyl groups is 1. The minimum atomic E-state index is -0.352. The van der Waals surface area contributed by atoms with E-state index in [1.807, 2.05) is 36.4 Å². The van der Waals surface area contributed by atoms with Gasteiger partial charge in [-0.15, -0.1) is 0 Å². The van der Waals surface area contributed by atoms with E-state index in [-0.39, 0.29) is 12.6 Å². The van der Waals surface area contributed by atoms with Gasteiger partial charge in [0.25, 0.3) is 0 Å². The molecule has 2 aromatic rings. The summed E-state index contributed by atoms with van der Waals surface area (Å²) in [7, 11) is 1.36. The van der Waals surface area contributed by atoms with Gasteiger partial charge in [-0.05, 0) is 34.9 Å². The first-order valence-electron chi connectivity index (χ1n) is 5.63. The minimum absolute atomic E-state index is 0.00450. The zero-order valence-corrected chi connectivity index (χ0v) is 10.1. The number of rotatable bonds is 3. The molecule has 0 radical (unpaired) electrons. The summed E-state index contributed by atoms with van der Waals surface area (Å²) in [5, 5.41) is 9.12. The van der Waals surface area contributed by atoms with Gasteiger partial charge < -0.3 is 9.84 Å². The zero-order chi connectivity index (χ0) is 13.0. The number of hydrogen-bond acceptors (Lipinski definition) is 3. The Balaban J connectivity index is 2.41. The van der Waals surface area contributed by atoms with Gasteiger partial charge in [-0.25, -0.2) is 4.79 Å². The first-order valence-corrected chi connectivity index (χ1v) is 5.63. The Morgan fingerprint density at radius 2 is 1.78 bits per heavy atom. The first-order chi connectivity index (χ1) is 8.74. The smallest absolute Gasteiger partial charge is 0.337 e. The number of esters is 1. The van der Waals surface area contributed by atoms with Crippen LogP contribution in [0.2, 0.25) is 0 Å². The van der Waals surface area contributed by atoms with Crippen LogP contribution in [-0.4, -0.2) is 18.2 Å². The Kier molecular flexibility index (Phi) is 3.75. The van der Waals surface area contributed by atoms with E-state index < -0.39 is 0 Å². The topological polar surface area (TPSA) is 46.5 Å². The van der Waals surface area contributed by atoms with E-state index in [1.165, 1.54) is 7.11 Å². The highest BCUT2D eigenvalue weighted by molar-refractivity contribution is 5.90. The van der Waals surface area contributed by atoms with Gasteiger partial charge >= 0.3 is 5.97 Å². The number of aliphatic hydroxyl groups excluding tert-OH is 1. The maximum atomic E-state index is 11.5. The molecular weight excluding hydrogens is 228 g/mol. The molecule has 2 rings (SSSR count). The van der Waals surface area contributed by atoms with Gasteiger partial charge in [0, 0.05) is 0 Å². The summed E-state index contributed by atoms with van der Waals surface area (Å²) in [5.41, 5.74) is 3.25. The molecular formula is C15H14O3. The molecule has 2 aromatic carbocycles. The molecule has 0 spiro atoms. The van der Waals surface area contributed by atoms with Crippen LogP contribution < -0.4 is 0 Å². The Hall–Kier alpha value is -2.13. The van der Waals surface area contributed by atoms with Crippen molar-refractivity contribution in [1.82, 2.24) is 0 Å². The third kappa shape index (κ3) is 2.57. The second-order valence-corrected chi connectivity index (χ2v) is 3.93. The van der Waals surface area contributed by atoms with Crippen LogP contribution in [-0.2, 0) is 11.3 Å². The Bertz CT molecular complexity index is 561. The van der Waals surface area contributed by atoms with Crippen molar-refractivity contribution in [3.63, 3.8) is 0 Å². The number of methoxy groups -OCH3 is 1. The third-order valence-electron chi connectivity index (χ3n) is 2.73. The fourth-order valence-electron chi connectivity index (χ4n) is 1.79.